The number of rotatable bonds is 3. The Morgan fingerprint density at radius 3 is 2.50 bits per heavy atom. The highest BCUT2D eigenvalue weighted by atomic mass is 15.1. The minimum atomic E-state index is 0.280. The van der Waals surface area contributed by atoms with E-state index in [-0.39, 0.29) is 5.41 Å². The average Bonchev–Trinajstić information content (AvgIpc) is 2.47. The lowest BCUT2D eigenvalue weighted by atomic mass is 9.71. The summed E-state index contributed by atoms with van der Waals surface area (Å²) in [5.41, 5.74) is 1.77. The van der Waals surface area contributed by atoms with Gasteiger partial charge in [-0.1, -0.05) is 54.6 Å². The number of allylic oxidation sites excluding steroid dienone is 2. The molecule has 1 aliphatic carbocycles. The van der Waals surface area contributed by atoms with Gasteiger partial charge in [-0.3, -0.25) is 0 Å². The summed E-state index contributed by atoms with van der Waals surface area (Å²) < 4.78 is 0. The van der Waals surface area contributed by atoms with Gasteiger partial charge < -0.3 is 4.90 Å². The molecule has 2 aromatic rings. The first-order chi connectivity index (χ1) is 9.70. The molecular formula is C19H23N. The zero-order chi connectivity index (χ0) is 14.0. The Morgan fingerprint density at radius 1 is 1.00 bits per heavy atom. The van der Waals surface area contributed by atoms with E-state index in [0.717, 1.165) is 13.0 Å². The summed E-state index contributed by atoms with van der Waals surface area (Å²) in [5, 5.41) is 2.69. The smallest absolute Gasteiger partial charge is 0.0118 e. The minimum absolute atomic E-state index is 0.280. The fourth-order valence-electron chi connectivity index (χ4n) is 3.51. The number of fused-ring (bicyclic) bond motifs is 1. The molecule has 0 heterocycles. The molecule has 1 heteroatoms. The van der Waals surface area contributed by atoms with Crippen LogP contribution in [-0.4, -0.2) is 25.5 Å². The van der Waals surface area contributed by atoms with Crippen molar-refractivity contribution in [1.82, 2.24) is 4.90 Å². The van der Waals surface area contributed by atoms with Crippen molar-refractivity contribution in [1.29, 1.82) is 0 Å². The predicted octanol–water partition coefficient (Wildman–Crippen LogP) is 4.38. The van der Waals surface area contributed by atoms with E-state index < -0.39 is 0 Å². The number of hydrogen-bond acceptors (Lipinski definition) is 1. The standard InChI is InChI=1S/C19H23N/c1-20(2)15-19(12-6-3-7-13-19)18-11-10-16-8-4-5-9-17(16)14-18/h3-6,8-11,14H,7,12-13,15H2,1-2H3/t19-/m1/s1. The van der Waals surface area contributed by atoms with Crippen LogP contribution in [0, 0.1) is 0 Å². The average molecular weight is 265 g/mol. The van der Waals surface area contributed by atoms with E-state index in [4.69, 9.17) is 0 Å². The van der Waals surface area contributed by atoms with E-state index in [2.05, 4.69) is 73.6 Å². The molecule has 0 radical (unpaired) electrons. The molecule has 0 amide bonds. The van der Waals surface area contributed by atoms with Crippen molar-refractivity contribution in [3.8, 4) is 0 Å². The summed E-state index contributed by atoms with van der Waals surface area (Å²) in [7, 11) is 4.36. The van der Waals surface area contributed by atoms with E-state index in [0.29, 0.717) is 0 Å². The largest absolute Gasteiger partial charge is 0.309 e. The predicted molar refractivity (Wildman–Crippen MR) is 87.2 cm³/mol. The van der Waals surface area contributed by atoms with E-state index in [1.807, 2.05) is 0 Å². The first kappa shape index (κ1) is 13.4. The summed E-state index contributed by atoms with van der Waals surface area (Å²) in [4.78, 5) is 2.33. The van der Waals surface area contributed by atoms with Crippen LogP contribution in [0.2, 0.25) is 0 Å². The Morgan fingerprint density at radius 2 is 1.80 bits per heavy atom. The maximum atomic E-state index is 2.40. The summed E-state index contributed by atoms with van der Waals surface area (Å²) in [6.45, 7) is 1.12. The van der Waals surface area contributed by atoms with Crippen LogP contribution in [0.25, 0.3) is 10.8 Å². The van der Waals surface area contributed by atoms with Gasteiger partial charge in [0.05, 0.1) is 0 Å². The van der Waals surface area contributed by atoms with Crippen LogP contribution in [0.5, 0.6) is 0 Å². The van der Waals surface area contributed by atoms with Crippen molar-refractivity contribution in [3.63, 3.8) is 0 Å². The van der Waals surface area contributed by atoms with E-state index >= 15 is 0 Å². The van der Waals surface area contributed by atoms with Crippen molar-refractivity contribution in [2.45, 2.75) is 24.7 Å². The van der Waals surface area contributed by atoms with Gasteiger partial charge in [0.15, 0.2) is 0 Å². The fourth-order valence-corrected chi connectivity index (χ4v) is 3.51. The van der Waals surface area contributed by atoms with Crippen LogP contribution in [-0.2, 0) is 5.41 Å². The Kier molecular flexibility index (Phi) is 3.62. The molecular weight excluding hydrogens is 242 g/mol. The van der Waals surface area contributed by atoms with Crippen LogP contribution in [0.1, 0.15) is 24.8 Å². The molecule has 104 valence electrons. The molecule has 0 spiro atoms. The maximum absolute atomic E-state index is 2.40. The second-order valence-electron chi connectivity index (χ2n) is 6.29. The summed E-state index contributed by atoms with van der Waals surface area (Å²) >= 11 is 0. The second-order valence-corrected chi connectivity index (χ2v) is 6.29. The zero-order valence-corrected chi connectivity index (χ0v) is 12.5. The van der Waals surface area contributed by atoms with Crippen LogP contribution in [0.4, 0.5) is 0 Å². The molecule has 1 aliphatic rings. The van der Waals surface area contributed by atoms with Gasteiger partial charge >= 0.3 is 0 Å². The third kappa shape index (κ3) is 2.51. The lowest BCUT2D eigenvalue weighted by Crippen LogP contribution is -2.38. The third-order valence-corrected chi connectivity index (χ3v) is 4.45. The lowest BCUT2D eigenvalue weighted by Gasteiger charge is -2.38. The third-order valence-electron chi connectivity index (χ3n) is 4.45. The highest BCUT2D eigenvalue weighted by molar-refractivity contribution is 5.83. The molecule has 3 rings (SSSR count). The normalized spacial score (nSPS) is 22.6. The molecule has 2 aromatic carbocycles. The molecule has 1 atom stereocenters. The molecule has 0 N–H and O–H groups in total. The van der Waals surface area contributed by atoms with Crippen LogP contribution < -0.4 is 0 Å². The monoisotopic (exact) mass is 265 g/mol. The Labute approximate surface area is 121 Å². The first-order valence-electron chi connectivity index (χ1n) is 7.49. The molecule has 0 saturated heterocycles. The summed E-state index contributed by atoms with van der Waals surface area (Å²) in [5.74, 6) is 0. The molecule has 0 bridgehead atoms. The van der Waals surface area contributed by atoms with Gasteiger partial charge in [-0.15, -0.1) is 0 Å². The minimum Gasteiger partial charge on any atom is -0.309 e. The number of nitrogens with zero attached hydrogens (tertiary/aromatic N) is 1. The number of benzene rings is 2. The maximum Gasteiger partial charge on any atom is 0.0118 e. The molecule has 0 fully saturated rings. The van der Waals surface area contributed by atoms with Crippen molar-refractivity contribution in [2.75, 3.05) is 20.6 Å². The van der Waals surface area contributed by atoms with Gasteiger partial charge in [-0.05, 0) is 49.7 Å². The van der Waals surface area contributed by atoms with Gasteiger partial charge in [0.25, 0.3) is 0 Å². The van der Waals surface area contributed by atoms with Gasteiger partial charge in [-0.2, -0.15) is 0 Å². The first-order valence-corrected chi connectivity index (χ1v) is 7.49. The lowest BCUT2D eigenvalue weighted by molar-refractivity contribution is 0.262. The van der Waals surface area contributed by atoms with E-state index in [1.54, 1.807) is 0 Å². The topological polar surface area (TPSA) is 3.24 Å². The number of hydrogen-bond donors (Lipinski definition) is 0. The fraction of sp³-hybridized carbons (Fsp3) is 0.368. The molecule has 0 aliphatic heterocycles. The van der Waals surface area contributed by atoms with Crippen molar-refractivity contribution in [2.24, 2.45) is 0 Å². The molecule has 0 aromatic heterocycles. The number of likely N-dealkylation sites (N-methyl/N-ethyl adjacent to an activating group) is 1. The Balaban J connectivity index is 2.06. The zero-order valence-electron chi connectivity index (χ0n) is 12.5. The van der Waals surface area contributed by atoms with Gasteiger partial charge in [-0.25, -0.2) is 0 Å². The van der Waals surface area contributed by atoms with Gasteiger partial charge in [0, 0.05) is 12.0 Å². The SMILES string of the molecule is CN(C)C[C@@]1(c2ccc3ccccc3c2)CC=CCC1. The van der Waals surface area contributed by atoms with Crippen LogP contribution in [0.15, 0.2) is 54.6 Å². The highest BCUT2D eigenvalue weighted by Crippen LogP contribution is 2.38. The summed E-state index contributed by atoms with van der Waals surface area (Å²) in [6, 6.07) is 15.7. The molecule has 1 nitrogen and oxygen atoms in total. The van der Waals surface area contributed by atoms with E-state index in [9.17, 15) is 0 Å². The van der Waals surface area contributed by atoms with E-state index in [1.165, 1.54) is 29.2 Å². The van der Waals surface area contributed by atoms with Crippen molar-refractivity contribution < 1.29 is 0 Å². The molecule has 0 unspecified atom stereocenters. The molecule has 20 heavy (non-hydrogen) atoms. The quantitative estimate of drug-likeness (QED) is 0.744. The second kappa shape index (κ2) is 5.41. The molecule has 0 saturated carbocycles. The Bertz CT molecular complexity index is 626. The van der Waals surface area contributed by atoms with Gasteiger partial charge in [0.2, 0.25) is 0 Å². The van der Waals surface area contributed by atoms with Crippen molar-refractivity contribution >= 4 is 10.8 Å². The van der Waals surface area contributed by atoms with Crippen molar-refractivity contribution in [3.05, 3.63) is 60.2 Å². The van der Waals surface area contributed by atoms with Gasteiger partial charge in [0.1, 0.15) is 0 Å². The summed E-state index contributed by atoms with van der Waals surface area (Å²) in [6.07, 6.45) is 8.29. The van der Waals surface area contributed by atoms with Crippen LogP contribution in [0.3, 0.4) is 0 Å². The highest BCUT2D eigenvalue weighted by Gasteiger charge is 2.32. The Hall–Kier alpha value is -1.60. The van der Waals surface area contributed by atoms with Crippen LogP contribution >= 0.6 is 0 Å².